The zero-order valence-corrected chi connectivity index (χ0v) is 14.1. The highest BCUT2D eigenvalue weighted by Crippen LogP contribution is 2.34. The van der Waals surface area contributed by atoms with Crippen LogP contribution in [-0.4, -0.2) is 42.1 Å². The van der Waals surface area contributed by atoms with Crippen molar-refractivity contribution in [2.24, 2.45) is 0 Å². The topological polar surface area (TPSA) is 70.2 Å². The first-order valence-corrected chi connectivity index (χ1v) is 9.11. The van der Waals surface area contributed by atoms with Crippen molar-refractivity contribution in [1.29, 1.82) is 0 Å². The SMILES string of the molecule is O=C1NCCNc2cc(-c3nc(N4CCC4)nc4c3CCC4)ccc21. The maximum Gasteiger partial charge on any atom is 0.253 e. The van der Waals surface area contributed by atoms with E-state index < -0.39 is 0 Å². The minimum atomic E-state index is -0.0132. The quantitative estimate of drug-likeness (QED) is 0.878. The van der Waals surface area contributed by atoms with Gasteiger partial charge in [-0.3, -0.25) is 4.79 Å². The molecule has 6 heteroatoms. The second-order valence-electron chi connectivity index (χ2n) is 6.93. The van der Waals surface area contributed by atoms with Crippen LogP contribution in [0.2, 0.25) is 0 Å². The number of nitrogens with zero attached hydrogens (tertiary/aromatic N) is 3. The van der Waals surface area contributed by atoms with Crippen molar-refractivity contribution in [2.75, 3.05) is 36.4 Å². The van der Waals surface area contributed by atoms with Gasteiger partial charge in [0.25, 0.3) is 5.91 Å². The third-order valence-corrected chi connectivity index (χ3v) is 5.32. The van der Waals surface area contributed by atoms with Gasteiger partial charge in [-0.05, 0) is 37.8 Å². The first kappa shape index (κ1) is 14.7. The molecule has 0 unspecified atom stereocenters. The number of carbonyl (C=O) groups excluding carboxylic acids is 1. The number of amides is 1. The molecule has 0 atom stereocenters. The van der Waals surface area contributed by atoms with E-state index in [1.807, 2.05) is 12.1 Å². The summed E-state index contributed by atoms with van der Waals surface area (Å²) in [5.41, 5.74) is 6.19. The summed E-state index contributed by atoms with van der Waals surface area (Å²) in [6.07, 6.45) is 4.44. The average molecular weight is 335 g/mol. The Morgan fingerprint density at radius 1 is 1.00 bits per heavy atom. The predicted octanol–water partition coefficient (Wildman–Crippen LogP) is 2.00. The summed E-state index contributed by atoms with van der Waals surface area (Å²) in [5.74, 6) is 0.850. The summed E-state index contributed by atoms with van der Waals surface area (Å²) in [6.45, 7) is 3.47. The van der Waals surface area contributed by atoms with E-state index in [-0.39, 0.29) is 5.91 Å². The second-order valence-corrected chi connectivity index (χ2v) is 6.93. The Balaban J connectivity index is 1.62. The number of anilines is 2. The van der Waals surface area contributed by atoms with Gasteiger partial charge >= 0.3 is 0 Å². The van der Waals surface area contributed by atoms with Gasteiger partial charge in [-0.15, -0.1) is 0 Å². The molecular weight excluding hydrogens is 314 g/mol. The van der Waals surface area contributed by atoms with Crippen LogP contribution >= 0.6 is 0 Å². The molecule has 1 aromatic carbocycles. The fraction of sp³-hybridized carbons (Fsp3) is 0.421. The number of rotatable bonds is 2. The Hall–Kier alpha value is -2.63. The van der Waals surface area contributed by atoms with Gasteiger partial charge in [0.05, 0.1) is 11.3 Å². The number of hydrogen-bond donors (Lipinski definition) is 2. The standard InChI is InChI=1S/C19H21N5O/c25-18-14-6-5-12(11-16(14)20-7-8-21-18)17-13-3-1-4-15(13)22-19(23-17)24-9-2-10-24/h5-6,11,20H,1-4,7-10H2,(H,21,25). The number of aromatic nitrogens is 2. The van der Waals surface area contributed by atoms with Gasteiger partial charge in [-0.25, -0.2) is 9.97 Å². The first-order valence-electron chi connectivity index (χ1n) is 9.11. The highest BCUT2D eigenvalue weighted by atomic mass is 16.1. The Morgan fingerprint density at radius 2 is 1.88 bits per heavy atom. The molecule has 1 fully saturated rings. The van der Waals surface area contributed by atoms with Gasteiger partial charge in [0.1, 0.15) is 0 Å². The molecule has 5 rings (SSSR count). The summed E-state index contributed by atoms with van der Waals surface area (Å²) in [5, 5.41) is 6.26. The molecule has 3 aliphatic rings. The van der Waals surface area contributed by atoms with Crippen LogP contribution in [0.15, 0.2) is 18.2 Å². The Bertz CT molecular complexity index is 859. The van der Waals surface area contributed by atoms with Crippen LogP contribution in [0.1, 0.15) is 34.5 Å². The lowest BCUT2D eigenvalue weighted by molar-refractivity contribution is 0.0958. The van der Waals surface area contributed by atoms with Crippen molar-refractivity contribution >= 4 is 17.5 Å². The Kier molecular flexibility index (Phi) is 3.36. The molecular formula is C19H21N5O. The van der Waals surface area contributed by atoms with Crippen LogP contribution in [0.4, 0.5) is 11.6 Å². The van der Waals surface area contributed by atoms with Crippen LogP contribution in [0.3, 0.4) is 0 Å². The van der Waals surface area contributed by atoms with Gasteiger partial charge in [-0.2, -0.15) is 0 Å². The summed E-state index contributed by atoms with van der Waals surface area (Å²) < 4.78 is 0. The number of carbonyl (C=O) groups is 1. The molecule has 1 aromatic heterocycles. The zero-order valence-electron chi connectivity index (χ0n) is 14.1. The number of nitrogens with one attached hydrogen (secondary N) is 2. The van der Waals surface area contributed by atoms with Gasteiger partial charge in [0.15, 0.2) is 0 Å². The third-order valence-electron chi connectivity index (χ3n) is 5.32. The molecule has 2 aromatic rings. The summed E-state index contributed by atoms with van der Waals surface area (Å²) >= 11 is 0. The number of fused-ring (bicyclic) bond motifs is 2. The monoisotopic (exact) mass is 335 g/mol. The second kappa shape index (κ2) is 5.72. The molecule has 128 valence electrons. The van der Waals surface area contributed by atoms with Gasteiger partial charge < -0.3 is 15.5 Å². The normalized spacial score (nSPS) is 18.6. The molecule has 3 heterocycles. The lowest BCUT2D eigenvalue weighted by atomic mass is 10.0. The molecule has 1 amide bonds. The van der Waals surface area contributed by atoms with E-state index in [4.69, 9.17) is 9.97 Å². The molecule has 0 radical (unpaired) electrons. The maximum absolute atomic E-state index is 12.1. The van der Waals surface area contributed by atoms with Crippen molar-refractivity contribution in [2.45, 2.75) is 25.7 Å². The largest absolute Gasteiger partial charge is 0.383 e. The van der Waals surface area contributed by atoms with Crippen molar-refractivity contribution in [1.82, 2.24) is 15.3 Å². The summed E-state index contributed by atoms with van der Waals surface area (Å²) in [4.78, 5) is 24.1. The lowest BCUT2D eigenvalue weighted by Gasteiger charge is -2.31. The zero-order chi connectivity index (χ0) is 16.8. The van der Waals surface area contributed by atoms with E-state index in [1.165, 1.54) is 17.7 Å². The number of hydrogen-bond acceptors (Lipinski definition) is 5. The fourth-order valence-electron chi connectivity index (χ4n) is 3.82. The summed E-state index contributed by atoms with van der Waals surface area (Å²) in [7, 11) is 0. The van der Waals surface area contributed by atoms with E-state index >= 15 is 0 Å². The van der Waals surface area contributed by atoms with E-state index in [2.05, 4.69) is 21.6 Å². The molecule has 25 heavy (non-hydrogen) atoms. The van der Waals surface area contributed by atoms with Crippen molar-refractivity contribution < 1.29 is 4.79 Å². The Morgan fingerprint density at radius 3 is 2.72 bits per heavy atom. The minimum absolute atomic E-state index is 0.0132. The van der Waals surface area contributed by atoms with E-state index in [9.17, 15) is 4.79 Å². The molecule has 6 nitrogen and oxygen atoms in total. The molecule has 2 aliphatic heterocycles. The van der Waals surface area contributed by atoms with Crippen LogP contribution in [0, 0.1) is 0 Å². The molecule has 1 saturated heterocycles. The van der Waals surface area contributed by atoms with E-state index in [0.29, 0.717) is 12.1 Å². The highest BCUT2D eigenvalue weighted by Gasteiger charge is 2.25. The Labute approximate surface area is 146 Å². The lowest BCUT2D eigenvalue weighted by Crippen LogP contribution is -2.38. The van der Waals surface area contributed by atoms with E-state index in [1.54, 1.807) is 0 Å². The fourth-order valence-corrected chi connectivity index (χ4v) is 3.82. The minimum Gasteiger partial charge on any atom is -0.383 e. The molecule has 0 saturated carbocycles. The van der Waals surface area contributed by atoms with E-state index in [0.717, 1.165) is 61.8 Å². The molecule has 1 aliphatic carbocycles. The van der Waals surface area contributed by atoms with Crippen molar-refractivity contribution in [3.63, 3.8) is 0 Å². The van der Waals surface area contributed by atoms with Gasteiger partial charge in [-0.1, -0.05) is 6.07 Å². The molecule has 0 bridgehead atoms. The van der Waals surface area contributed by atoms with Crippen LogP contribution < -0.4 is 15.5 Å². The average Bonchev–Trinajstić information content (AvgIpc) is 2.97. The molecule has 2 N–H and O–H groups in total. The van der Waals surface area contributed by atoms with Gasteiger partial charge in [0, 0.05) is 48.7 Å². The van der Waals surface area contributed by atoms with Crippen LogP contribution in [0.25, 0.3) is 11.3 Å². The third kappa shape index (κ3) is 2.44. The predicted molar refractivity (Wildman–Crippen MR) is 97.1 cm³/mol. The van der Waals surface area contributed by atoms with Crippen molar-refractivity contribution in [3.05, 3.63) is 35.0 Å². The van der Waals surface area contributed by atoms with Crippen LogP contribution in [-0.2, 0) is 12.8 Å². The highest BCUT2D eigenvalue weighted by molar-refractivity contribution is 6.01. The summed E-state index contributed by atoms with van der Waals surface area (Å²) in [6, 6.07) is 6.00. The van der Waals surface area contributed by atoms with Crippen molar-refractivity contribution in [3.8, 4) is 11.3 Å². The first-order chi connectivity index (χ1) is 12.3. The molecule has 0 spiro atoms. The van der Waals surface area contributed by atoms with Gasteiger partial charge in [0.2, 0.25) is 5.95 Å². The maximum atomic E-state index is 12.1. The number of benzene rings is 1. The number of aryl methyl sites for hydroxylation is 1. The smallest absolute Gasteiger partial charge is 0.253 e. The van der Waals surface area contributed by atoms with Crippen LogP contribution in [0.5, 0.6) is 0 Å².